The predicted molar refractivity (Wildman–Crippen MR) is 101 cm³/mol. The number of anilines is 1. The summed E-state index contributed by atoms with van der Waals surface area (Å²) in [6.07, 6.45) is 0. The zero-order chi connectivity index (χ0) is 19.1. The Morgan fingerprint density at radius 1 is 1.04 bits per heavy atom. The van der Waals surface area contributed by atoms with Crippen LogP contribution in [0.2, 0.25) is 0 Å². The minimum absolute atomic E-state index is 0.152. The van der Waals surface area contributed by atoms with Crippen LogP contribution in [-0.2, 0) is 4.79 Å². The Labute approximate surface area is 153 Å². The highest BCUT2D eigenvalue weighted by atomic mass is 16.5. The average molecular weight is 356 g/mol. The molecule has 26 heavy (non-hydrogen) atoms. The Morgan fingerprint density at radius 2 is 1.73 bits per heavy atom. The van der Waals surface area contributed by atoms with E-state index in [9.17, 15) is 9.59 Å². The first-order valence-electron chi connectivity index (χ1n) is 8.31. The van der Waals surface area contributed by atoms with Crippen LogP contribution in [0.3, 0.4) is 0 Å². The van der Waals surface area contributed by atoms with Crippen molar-refractivity contribution in [2.24, 2.45) is 0 Å². The molecule has 0 saturated carbocycles. The van der Waals surface area contributed by atoms with E-state index < -0.39 is 0 Å². The molecule has 0 fully saturated rings. The summed E-state index contributed by atoms with van der Waals surface area (Å²) in [5.41, 5.74) is 2.28. The van der Waals surface area contributed by atoms with Gasteiger partial charge in [0.05, 0.1) is 19.9 Å². The van der Waals surface area contributed by atoms with Crippen LogP contribution in [0.25, 0.3) is 0 Å². The Hall–Kier alpha value is -3.02. The molecule has 6 nitrogen and oxygen atoms in total. The number of hydrogen-bond donors (Lipinski definition) is 1. The Balaban J connectivity index is 2.08. The van der Waals surface area contributed by atoms with Crippen LogP contribution >= 0.6 is 0 Å². The zero-order valence-corrected chi connectivity index (χ0v) is 15.5. The SMILES string of the molecule is COc1ccc(OC)c(N(CCNC(=O)c2ccc(C)cc2)C(C)=O)c1. The van der Waals surface area contributed by atoms with Gasteiger partial charge in [-0.15, -0.1) is 0 Å². The zero-order valence-electron chi connectivity index (χ0n) is 15.5. The molecule has 138 valence electrons. The van der Waals surface area contributed by atoms with Gasteiger partial charge in [0.15, 0.2) is 0 Å². The molecule has 2 aromatic rings. The molecule has 0 heterocycles. The van der Waals surface area contributed by atoms with E-state index in [-0.39, 0.29) is 11.8 Å². The van der Waals surface area contributed by atoms with Crippen molar-refractivity contribution in [3.8, 4) is 11.5 Å². The first-order chi connectivity index (χ1) is 12.5. The third-order valence-electron chi connectivity index (χ3n) is 3.99. The van der Waals surface area contributed by atoms with Crippen LogP contribution in [-0.4, -0.2) is 39.1 Å². The van der Waals surface area contributed by atoms with Gasteiger partial charge in [-0.2, -0.15) is 0 Å². The smallest absolute Gasteiger partial charge is 0.251 e. The molecule has 0 aliphatic carbocycles. The molecule has 0 unspecified atom stereocenters. The maximum absolute atomic E-state index is 12.2. The lowest BCUT2D eigenvalue weighted by molar-refractivity contribution is -0.116. The van der Waals surface area contributed by atoms with Crippen molar-refractivity contribution in [3.05, 3.63) is 53.6 Å². The minimum atomic E-state index is -0.175. The fourth-order valence-corrected chi connectivity index (χ4v) is 2.54. The topological polar surface area (TPSA) is 67.9 Å². The maximum atomic E-state index is 12.2. The highest BCUT2D eigenvalue weighted by Gasteiger charge is 2.17. The summed E-state index contributed by atoms with van der Waals surface area (Å²) in [4.78, 5) is 25.9. The van der Waals surface area contributed by atoms with Crippen molar-refractivity contribution >= 4 is 17.5 Å². The third-order valence-corrected chi connectivity index (χ3v) is 3.99. The second-order valence-electron chi connectivity index (χ2n) is 5.83. The number of benzene rings is 2. The number of rotatable bonds is 7. The van der Waals surface area contributed by atoms with Gasteiger partial charge in [0.1, 0.15) is 11.5 Å². The number of hydrogen-bond acceptors (Lipinski definition) is 4. The molecule has 0 radical (unpaired) electrons. The average Bonchev–Trinajstić information content (AvgIpc) is 2.64. The van der Waals surface area contributed by atoms with Crippen LogP contribution in [0.1, 0.15) is 22.8 Å². The molecule has 0 spiro atoms. The third kappa shape index (κ3) is 4.75. The number of methoxy groups -OCH3 is 2. The van der Waals surface area contributed by atoms with Crippen molar-refractivity contribution in [3.63, 3.8) is 0 Å². The van der Waals surface area contributed by atoms with Gasteiger partial charge in [0.25, 0.3) is 5.91 Å². The molecule has 0 saturated heterocycles. The van der Waals surface area contributed by atoms with Crippen molar-refractivity contribution in [1.82, 2.24) is 5.32 Å². The van der Waals surface area contributed by atoms with E-state index in [1.807, 2.05) is 19.1 Å². The summed E-state index contributed by atoms with van der Waals surface area (Å²) in [6.45, 7) is 4.07. The van der Waals surface area contributed by atoms with Gasteiger partial charge >= 0.3 is 0 Å². The Kier molecular flexibility index (Phi) is 6.60. The largest absolute Gasteiger partial charge is 0.497 e. The fraction of sp³-hybridized carbons (Fsp3) is 0.300. The van der Waals surface area contributed by atoms with Crippen molar-refractivity contribution < 1.29 is 19.1 Å². The van der Waals surface area contributed by atoms with E-state index in [1.165, 1.54) is 6.92 Å². The monoisotopic (exact) mass is 356 g/mol. The number of nitrogens with zero attached hydrogens (tertiary/aromatic N) is 1. The summed E-state index contributed by atoms with van der Waals surface area (Å²) < 4.78 is 10.6. The van der Waals surface area contributed by atoms with Crippen LogP contribution < -0.4 is 19.7 Å². The minimum Gasteiger partial charge on any atom is -0.497 e. The molecule has 0 aliphatic heterocycles. The van der Waals surface area contributed by atoms with E-state index >= 15 is 0 Å². The summed E-state index contributed by atoms with van der Waals surface area (Å²) in [5, 5.41) is 2.83. The van der Waals surface area contributed by atoms with Crippen molar-refractivity contribution in [2.45, 2.75) is 13.8 Å². The maximum Gasteiger partial charge on any atom is 0.251 e. The summed E-state index contributed by atoms with van der Waals surface area (Å²) in [7, 11) is 3.11. The quantitative estimate of drug-likeness (QED) is 0.828. The number of ether oxygens (including phenoxy) is 2. The van der Waals surface area contributed by atoms with Gasteiger partial charge in [-0.1, -0.05) is 17.7 Å². The first kappa shape index (κ1) is 19.3. The number of nitrogens with one attached hydrogen (secondary N) is 1. The van der Waals surface area contributed by atoms with Crippen LogP contribution in [0.4, 0.5) is 5.69 Å². The number of amides is 2. The van der Waals surface area contributed by atoms with Gasteiger partial charge in [0.2, 0.25) is 5.91 Å². The van der Waals surface area contributed by atoms with Gasteiger partial charge < -0.3 is 19.7 Å². The van der Waals surface area contributed by atoms with E-state index in [0.717, 1.165) is 5.56 Å². The normalized spacial score (nSPS) is 10.2. The highest BCUT2D eigenvalue weighted by molar-refractivity contribution is 5.95. The Bertz CT molecular complexity index is 772. The lowest BCUT2D eigenvalue weighted by Gasteiger charge is -2.24. The number of aryl methyl sites for hydroxylation is 1. The number of carbonyl (C=O) groups excluding carboxylic acids is 2. The molecule has 2 amide bonds. The van der Waals surface area contributed by atoms with E-state index in [2.05, 4.69) is 5.32 Å². The first-order valence-corrected chi connectivity index (χ1v) is 8.31. The van der Waals surface area contributed by atoms with Crippen molar-refractivity contribution in [1.29, 1.82) is 0 Å². The van der Waals surface area contributed by atoms with Crippen molar-refractivity contribution in [2.75, 3.05) is 32.2 Å². The van der Waals surface area contributed by atoms with Gasteiger partial charge in [-0.05, 0) is 31.2 Å². The highest BCUT2D eigenvalue weighted by Crippen LogP contribution is 2.32. The predicted octanol–water partition coefficient (Wildman–Crippen LogP) is 2.80. The standard InChI is InChI=1S/C20H24N2O4/c1-14-5-7-16(8-6-14)20(24)21-11-12-22(15(2)23)18-13-17(25-3)9-10-19(18)26-4/h5-10,13H,11-12H2,1-4H3,(H,21,24). The molecule has 0 atom stereocenters. The van der Waals surface area contributed by atoms with E-state index in [1.54, 1.807) is 49.5 Å². The van der Waals surface area contributed by atoms with Crippen LogP contribution in [0, 0.1) is 6.92 Å². The van der Waals surface area contributed by atoms with E-state index in [0.29, 0.717) is 35.8 Å². The summed E-state index contributed by atoms with van der Waals surface area (Å²) in [6, 6.07) is 12.6. The molecule has 0 bridgehead atoms. The Morgan fingerprint density at radius 3 is 2.31 bits per heavy atom. The van der Waals surface area contributed by atoms with Gasteiger partial charge in [0, 0.05) is 31.6 Å². The summed E-state index contributed by atoms with van der Waals surface area (Å²) in [5.74, 6) is 0.855. The lowest BCUT2D eigenvalue weighted by Crippen LogP contribution is -2.37. The number of carbonyl (C=O) groups is 2. The molecule has 6 heteroatoms. The molecule has 2 aromatic carbocycles. The van der Waals surface area contributed by atoms with Crippen LogP contribution in [0.5, 0.6) is 11.5 Å². The fourth-order valence-electron chi connectivity index (χ4n) is 2.54. The molecule has 0 aromatic heterocycles. The van der Waals surface area contributed by atoms with Gasteiger partial charge in [-0.3, -0.25) is 9.59 Å². The van der Waals surface area contributed by atoms with Gasteiger partial charge in [-0.25, -0.2) is 0 Å². The lowest BCUT2D eigenvalue weighted by atomic mass is 10.1. The second-order valence-corrected chi connectivity index (χ2v) is 5.83. The molecule has 0 aliphatic rings. The molecular weight excluding hydrogens is 332 g/mol. The van der Waals surface area contributed by atoms with Crippen LogP contribution in [0.15, 0.2) is 42.5 Å². The molecule has 2 rings (SSSR count). The van der Waals surface area contributed by atoms with E-state index in [4.69, 9.17) is 9.47 Å². The molecular formula is C20H24N2O4. The molecule has 1 N–H and O–H groups in total. The summed E-state index contributed by atoms with van der Waals surface area (Å²) >= 11 is 0. The second kappa shape index (κ2) is 8.89.